The fraction of sp³-hybridized carbons (Fsp3) is 0.333. The van der Waals surface area contributed by atoms with Crippen molar-refractivity contribution in [2.24, 2.45) is 0 Å². The second kappa shape index (κ2) is 5.93. The summed E-state index contributed by atoms with van der Waals surface area (Å²) < 4.78 is 40.6. The number of carbonyl (C=O) groups excluding carboxylic acids is 1. The molecule has 0 aromatic heterocycles. The zero-order valence-electron chi connectivity index (χ0n) is 9.79. The van der Waals surface area contributed by atoms with E-state index < -0.39 is 23.3 Å². The maximum absolute atomic E-state index is 12.2. The molecule has 0 heterocycles. The van der Waals surface area contributed by atoms with E-state index in [4.69, 9.17) is 16.9 Å². The van der Waals surface area contributed by atoms with Crippen LogP contribution < -0.4 is 4.74 Å². The number of benzene rings is 1. The van der Waals surface area contributed by atoms with Gasteiger partial charge in [0.05, 0.1) is 12.5 Å². The van der Waals surface area contributed by atoms with Gasteiger partial charge in [0.1, 0.15) is 11.1 Å². The van der Waals surface area contributed by atoms with E-state index in [1.165, 1.54) is 19.1 Å². The van der Waals surface area contributed by atoms with Crippen LogP contribution in [0, 0.1) is 11.3 Å². The summed E-state index contributed by atoms with van der Waals surface area (Å²) in [7, 11) is 0. The molecule has 7 heteroatoms. The SMILES string of the molecule is CC(=O)C(Cl)c1cccc(OC(F)(F)F)c1CC#N. The molecule has 0 amide bonds. The number of ether oxygens (including phenoxy) is 1. The summed E-state index contributed by atoms with van der Waals surface area (Å²) in [6.45, 7) is 1.21. The lowest BCUT2D eigenvalue weighted by Crippen LogP contribution is -2.19. The monoisotopic (exact) mass is 291 g/mol. The highest BCUT2D eigenvalue weighted by Gasteiger charge is 2.33. The fourth-order valence-electron chi connectivity index (χ4n) is 1.53. The molecule has 3 nitrogen and oxygen atoms in total. The van der Waals surface area contributed by atoms with Gasteiger partial charge in [-0.05, 0) is 18.6 Å². The number of rotatable bonds is 4. The molecule has 0 aliphatic heterocycles. The lowest BCUT2D eigenvalue weighted by molar-refractivity contribution is -0.274. The summed E-state index contributed by atoms with van der Waals surface area (Å²) in [5, 5.41) is 7.56. The van der Waals surface area contributed by atoms with Crippen molar-refractivity contribution in [3.05, 3.63) is 29.3 Å². The van der Waals surface area contributed by atoms with Crippen LogP contribution in [0.2, 0.25) is 0 Å². The Hall–Kier alpha value is -1.74. The van der Waals surface area contributed by atoms with E-state index in [0.717, 1.165) is 6.07 Å². The summed E-state index contributed by atoms with van der Waals surface area (Å²) in [6, 6.07) is 5.49. The molecule has 0 aliphatic carbocycles. The molecule has 0 spiro atoms. The van der Waals surface area contributed by atoms with Gasteiger partial charge in [-0.3, -0.25) is 4.79 Å². The number of nitriles is 1. The van der Waals surface area contributed by atoms with Gasteiger partial charge in [-0.1, -0.05) is 12.1 Å². The van der Waals surface area contributed by atoms with Crippen molar-refractivity contribution in [2.75, 3.05) is 0 Å². The largest absolute Gasteiger partial charge is 0.573 e. The average molecular weight is 292 g/mol. The number of halogens is 4. The minimum atomic E-state index is -4.87. The van der Waals surface area contributed by atoms with Crippen LogP contribution in [-0.4, -0.2) is 12.1 Å². The van der Waals surface area contributed by atoms with Crippen molar-refractivity contribution in [3.63, 3.8) is 0 Å². The van der Waals surface area contributed by atoms with Crippen molar-refractivity contribution in [1.82, 2.24) is 0 Å². The van der Waals surface area contributed by atoms with Crippen LogP contribution in [0.4, 0.5) is 13.2 Å². The maximum Gasteiger partial charge on any atom is 0.573 e. The maximum atomic E-state index is 12.2. The Balaban J connectivity index is 3.30. The second-order valence-corrected chi connectivity index (χ2v) is 4.12. The molecule has 19 heavy (non-hydrogen) atoms. The van der Waals surface area contributed by atoms with E-state index >= 15 is 0 Å². The van der Waals surface area contributed by atoms with E-state index in [0.29, 0.717) is 0 Å². The zero-order chi connectivity index (χ0) is 14.6. The van der Waals surface area contributed by atoms with Crippen LogP contribution in [0.25, 0.3) is 0 Å². The van der Waals surface area contributed by atoms with E-state index in [1.807, 2.05) is 0 Å². The van der Waals surface area contributed by atoms with E-state index in [1.54, 1.807) is 6.07 Å². The zero-order valence-corrected chi connectivity index (χ0v) is 10.5. The second-order valence-electron chi connectivity index (χ2n) is 3.68. The fourth-order valence-corrected chi connectivity index (χ4v) is 1.73. The molecular weight excluding hydrogens is 283 g/mol. The van der Waals surface area contributed by atoms with E-state index in [9.17, 15) is 18.0 Å². The Bertz CT molecular complexity index is 523. The van der Waals surface area contributed by atoms with Gasteiger partial charge in [0.2, 0.25) is 0 Å². The van der Waals surface area contributed by atoms with Gasteiger partial charge < -0.3 is 4.74 Å². The number of hydrogen-bond donors (Lipinski definition) is 0. The highest BCUT2D eigenvalue weighted by Crippen LogP contribution is 2.34. The lowest BCUT2D eigenvalue weighted by atomic mass is 9.99. The Morgan fingerprint density at radius 2 is 2.16 bits per heavy atom. The van der Waals surface area contributed by atoms with Gasteiger partial charge in [0.15, 0.2) is 5.78 Å². The van der Waals surface area contributed by atoms with Gasteiger partial charge in [-0.15, -0.1) is 24.8 Å². The predicted molar refractivity (Wildman–Crippen MR) is 61.7 cm³/mol. The summed E-state index contributed by atoms with van der Waals surface area (Å²) >= 11 is 5.83. The highest BCUT2D eigenvalue weighted by atomic mass is 35.5. The van der Waals surface area contributed by atoms with Gasteiger partial charge in [0.25, 0.3) is 0 Å². The third kappa shape index (κ3) is 4.14. The Kier molecular flexibility index (Phi) is 4.78. The first-order valence-corrected chi connectivity index (χ1v) is 5.59. The molecule has 0 fully saturated rings. The highest BCUT2D eigenvalue weighted by molar-refractivity contribution is 6.30. The lowest BCUT2D eigenvalue weighted by Gasteiger charge is -2.16. The van der Waals surface area contributed by atoms with Gasteiger partial charge >= 0.3 is 6.36 Å². The van der Waals surface area contributed by atoms with Crippen LogP contribution in [0.3, 0.4) is 0 Å². The summed E-state index contributed by atoms with van der Waals surface area (Å²) in [5.41, 5.74) is 0.120. The number of nitrogens with zero attached hydrogens (tertiary/aromatic N) is 1. The first-order valence-electron chi connectivity index (χ1n) is 5.15. The number of carbonyl (C=O) groups is 1. The molecule has 1 unspecified atom stereocenters. The first kappa shape index (κ1) is 15.3. The van der Waals surface area contributed by atoms with Crippen molar-refractivity contribution >= 4 is 17.4 Å². The topological polar surface area (TPSA) is 50.1 Å². The molecule has 0 saturated carbocycles. The van der Waals surface area contributed by atoms with Crippen LogP contribution in [0.1, 0.15) is 23.4 Å². The van der Waals surface area contributed by atoms with Crippen LogP contribution >= 0.6 is 11.6 Å². The molecule has 102 valence electrons. The van der Waals surface area contributed by atoms with E-state index in [2.05, 4.69) is 4.74 Å². The van der Waals surface area contributed by atoms with Crippen molar-refractivity contribution in [3.8, 4) is 11.8 Å². The smallest absolute Gasteiger partial charge is 0.405 e. The third-order valence-corrected chi connectivity index (χ3v) is 2.82. The summed E-state index contributed by atoms with van der Waals surface area (Å²) in [5.74, 6) is -0.941. The minimum absolute atomic E-state index is 0.0301. The van der Waals surface area contributed by atoms with Gasteiger partial charge in [-0.2, -0.15) is 5.26 Å². The Labute approximate surface area is 112 Å². The molecule has 0 N–H and O–H groups in total. The van der Waals surface area contributed by atoms with Gasteiger partial charge in [0, 0.05) is 5.56 Å². The standard InChI is InChI=1S/C12H9ClF3NO2/c1-7(18)11(13)9-3-2-4-10(8(9)5-6-17)19-12(14,15)16/h2-4,11H,5H2,1H3. The molecule has 1 rings (SSSR count). The van der Waals surface area contributed by atoms with Crippen LogP contribution in [0.5, 0.6) is 5.75 Å². The quantitative estimate of drug-likeness (QED) is 0.798. The molecule has 0 bridgehead atoms. The van der Waals surface area contributed by atoms with Gasteiger partial charge in [-0.25, -0.2) is 0 Å². The molecule has 1 aromatic carbocycles. The van der Waals surface area contributed by atoms with Crippen molar-refractivity contribution in [1.29, 1.82) is 5.26 Å². The van der Waals surface area contributed by atoms with E-state index in [-0.39, 0.29) is 17.5 Å². The summed E-state index contributed by atoms with van der Waals surface area (Å²) in [6.07, 6.45) is -5.21. The Morgan fingerprint density at radius 1 is 1.53 bits per heavy atom. The van der Waals surface area contributed by atoms with Crippen molar-refractivity contribution < 1.29 is 22.7 Å². The minimum Gasteiger partial charge on any atom is -0.405 e. The number of alkyl halides is 4. The average Bonchev–Trinajstić information content (AvgIpc) is 2.28. The Morgan fingerprint density at radius 3 is 2.63 bits per heavy atom. The molecule has 1 atom stereocenters. The number of ketones is 1. The third-order valence-electron chi connectivity index (χ3n) is 2.28. The van der Waals surface area contributed by atoms with Crippen LogP contribution in [-0.2, 0) is 11.2 Å². The molecule has 0 aliphatic rings. The molecular formula is C12H9ClF3NO2. The summed E-state index contributed by atoms with van der Waals surface area (Å²) in [4.78, 5) is 11.2. The number of hydrogen-bond acceptors (Lipinski definition) is 3. The van der Waals surface area contributed by atoms with Crippen molar-refractivity contribution in [2.45, 2.75) is 25.1 Å². The first-order chi connectivity index (χ1) is 8.76. The predicted octanol–water partition coefficient (Wildman–Crippen LogP) is 3.52. The number of Topliss-reactive ketones (excluding diaryl/α,β-unsaturated/α-hetero) is 1. The molecule has 0 saturated heterocycles. The molecule has 1 aromatic rings. The molecule has 0 radical (unpaired) electrons. The van der Waals surface area contributed by atoms with Crippen LogP contribution in [0.15, 0.2) is 18.2 Å². The normalized spacial score (nSPS) is 12.6.